The van der Waals surface area contributed by atoms with Crippen molar-refractivity contribution in [1.29, 1.82) is 0 Å². The maximum atomic E-state index is 14.4. The lowest BCUT2D eigenvalue weighted by Gasteiger charge is -2.37. The Morgan fingerprint density at radius 3 is 2.24 bits per heavy atom. The largest absolute Gasteiger partial charge is 0.469 e. The average molecular weight is 490 g/mol. The zero-order chi connectivity index (χ0) is 25.3. The van der Waals surface area contributed by atoms with Gasteiger partial charge in [-0.25, -0.2) is 4.39 Å². The summed E-state index contributed by atoms with van der Waals surface area (Å²) in [5.74, 6) is -1.84. The molecule has 0 radical (unpaired) electrons. The normalized spacial score (nSPS) is 22.7. The Kier molecular flexibility index (Phi) is 4.52. The lowest BCUT2D eigenvalue weighted by atomic mass is 9.65. The van der Waals surface area contributed by atoms with Gasteiger partial charge in [0.25, 0.3) is 0 Å². The van der Waals surface area contributed by atoms with Gasteiger partial charge >= 0.3 is 0 Å². The minimum Gasteiger partial charge on any atom is -0.469 e. The molecule has 1 aliphatic carbocycles. The Labute approximate surface area is 211 Å². The zero-order valence-electron chi connectivity index (χ0n) is 19.5. The molecule has 1 fully saturated rings. The van der Waals surface area contributed by atoms with Crippen LogP contribution < -0.4 is 4.90 Å². The molecule has 4 aromatic rings. The van der Waals surface area contributed by atoms with Gasteiger partial charge in [-0.3, -0.25) is 14.4 Å². The first-order valence-electron chi connectivity index (χ1n) is 12.1. The lowest BCUT2D eigenvalue weighted by Crippen LogP contribution is -2.48. The molecule has 0 unspecified atom stereocenters. The summed E-state index contributed by atoms with van der Waals surface area (Å²) in [6, 6.07) is 21.6. The van der Waals surface area contributed by atoms with Crippen LogP contribution in [0.15, 0.2) is 102 Å². The molecule has 0 N–H and O–H groups in total. The molecule has 37 heavy (non-hydrogen) atoms. The molecular weight excluding hydrogens is 469 g/mol. The second kappa shape index (κ2) is 7.71. The van der Waals surface area contributed by atoms with Crippen molar-refractivity contribution in [1.82, 2.24) is 0 Å². The Hall–Kier alpha value is -4.58. The summed E-state index contributed by atoms with van der Waals surface area (Å²) in [5.41, 5.74) is 0.679. The van der Waals surface area contributed by atoms with E-state index in [0.717, 1.165) is 0 Å². The molecule has 5 nitrogen and oxygen atoms in total. The number of halogens is 1. The summed E-state index contributed by atoms with van der Waals surface area (Å²) >= 11 is 0. The van der Waals surface area contributed by atoms with E-state index in [4.69, 9.17) is 4.42 Å². The molecule has 7 rings (SSSR count). The number of furan rings is 1. The molecule has 0 saturated carbocycles. The van der Waals surface area contributed by atoms with E-state index in [0.29, 0.717) is 33.7 Å². The number of benzene rings is 3. The van der Waals surface area contributed by atoms with Crippen molar-refractivity contribution in [2.45, 2.75) is 18.0 Å². The third-order valence-corrected chi connectivity index (χ3v) is 7.94. The number of hydrogen-bond donors (Lipinski definition) is 0. The standard InChI is InChI=1S/C31H20FNO4/c32-20-13-14-23-19(17-20)12-15-25-31(29(35)21-9-4-5-10-22(21)30(31)36)26(24-11-6-16-37-24)27(33(23)25)28(34)18-7-2-1-3-8-18/h1-17,25-27H/t25-,26+,27+/m1/s1. The van der Waals surface area contributed by atoms with E-state index in [1.807, 2.05) is 11.0 Å². The van der Waals surface area contributed by atoms with Crippen LogP contribution >= 0.6 is 0 Å². The number of rotatable bonds is 3. The maximum Gasteiger partial charge on any atom is 0.186 e. The fourth-order valence-electron chi connectivity index (χ4n) is 6.50. The third kappa shape index (κ3) is 2.75. The van der Waals surface area contributed by atoms with Crippen molar-refractivity contribution >= 4 is 29.1 Å². The van der Waals surface area contributed by atoms with E-state index in [-0.39, 0.29) is 17.3 Å². The average Bonchev–Trinajstić information content (AvgIpc) is 3.62. The van der Waals surface area contributed by atoms with E-state index in [9.17, 15) is 18.8 Å². The highest BCUT2D eigenvalue weighted by Crippen LogP contribution is 2.61. The summed E-state index contributed by atoms with van der Waals surface area (Å²) in [5, 5.41) is 0. The smallest absolute Gasteiger partial charge is 0.186 e. The van der Waals surface area contributed by atoms with Gasteiger partial charge in [0.05, 0.1) is 18.2 Å². The van der Waals surface area contributed by atoms with Crippen molar-refractivity contribution < 1.29 is 23.2 Å². The molecule has 3 aliphatic rings. The summed E-state index contributed by atoms with van der Waals surface area (Å²) < 4.78 is 20.1. The van der Waals surface area contributed by atoms with E-state index in [1.165, 1.54) is 18.4 Å². The van der Waals surface area contributed by atoms with Crippen LogP contribution in [-0.4, -0.2) is 29.4 Å². The van der Waals surface area contributed by atoms with Crippen LogP contribution in [0.4, 0.5) is 10.1 Å². The fraction of sp³-hybridized carbons (Fsp3) is 0.129. The number of carbonyl (C=O) groups is 3. The lowest BCUT2D eigenvalue weighted by molar-refractivity contribution is 0.0652. The molecule has 180 valence electrons. The molecule has 3 atom stereocenters. The third-order valence-electron chi connectivity index (χ3n) is 7.94. The monoisotopic (exact) mass is 489 g/mol. The molecule has 2 aliphatic heterocycles. The summed E-state index contributed by atoms with van der Waals surface area (Å²) in [6.07, 6.45) is 4.98. The minimum absolute atomic E-state index is 0.244. The van der Waals surface area contributed by atoms with Gasteiger partial charge in [-0.05, 0) is 30.3 Å². The second-order valence-electron chi connectivity index (χ2n) is 9.66. The number of anilines is 1. The molecule has 1 aromatic heterocycles. The van der Waals surface area contributed by atoms with E-state index >= 15 is 0 Å². The minimum atomic E-state index is -1.63. The van der Waals surface area contributed by atoms with Gasteiger partial charge in [0.1, 0.15) is 23.0 Å². The van der Waals surface area contributed by atoms with Gasteiger partial charge in [0.15, 0.2) is 17.3 Å². The first-order chi connectivity index (χ1) is 18.0. The van der Waals surface area contributed by atoms with Crippen LogP contribution in [0.2, 0.25) is 0 Å². The molecule has 0 amide bonds. The van der Waals surface area contributed by atoms with Gasteiger partial charge in [-0.1, -0.05) is 66.7 Å². The van der Waals surface area contributed by atoms with Gasteiger partial charge in [-0.2, -0.15) is 0 Å². The predicted molar refractivity (Wildman–Crippen MR) is 135 cm³/mol. The number of fused-ring (bicyclic) bond motifs is 5. The second-order valence-corrected chi connectivity index (χ2v) is 9.66. The number of hydrogen-bond acceptors (Lipinski definition) is 5. The van der Waals surface area contributed by atoms with Crippen molar-refractivity contribution in [3.63, 3.8) is 0 Å². The van der Waals surface area contributed by atoms with Crippen LogP contribution in [0.25, 0.3) is 6.08 Å². The molecule has 3 aromatic carbocycles. The number of carbonyl (C=O) groups excluding carboxylic acids is 3. The summed E-state index contributed by atoms with van der Waals surface area (Å²) in [4.78, 5) is 44.9. The van der Waals surface area contributed by atoms with Crippen LogP contribution in [-0.2, 0) is 0 Å². The summed E-state index contributed by atoms with van der Waals surface area (Å²) in [6.45, 7) is 0. The van der Waals surface area contributed by atoms with Crippen molar-refractivity contribution in [2.75, 3.05) is 4.90 Å². The Balaban J connectivity index is 1.55. The van der Waals surface area contributed by atoms with E-state index in [2.05, 4.69) is 0 Å². The Morgan fingerprint density at radius 2 is 1.57 bits per heavy atom. The molecule has 1 spiro atoms. The highest BCUT2D eigenvalue weighted by atomic mass is 19.1. The number of ketones is 3. The molecule has 1 saturated heterocycles. The van der Waals surface area contributed by atoms with E-state index in [1.54, 1.807) is 78.9 Å². The van der Waals surface area contributed by atoms with Crippen LogP contribution in [0, 0.1) is 11.2 Å². The first kappa shape index (κ1) is 21.7. The predicted octanol–water partition coefficient (Wildman–Crippen LogP) is 5.74. The first-order valence-corrected chi connectivity index (χ1v) is 12.1. The topological polar surface area (TPSA) is 67.6 Å². The highest BCUT2D eigenvalue weighted by molar-refractivity contribution is 6.32. The van der Waals surface area contributed by atoms with Crippen LogP contribution in [0.5, 0.6) is 0 Å². The van der Waals surface area contributed by atoms with Gasteiger partial charge in [-0.15, -0.1) is 0 Å². The van der Waals surface area contributed by atoms with Crippen LogP contribution in [0.3, 0.4) is 0 Å². The van der Waals surface area contributed by atoms with Gasteiger partial charge in [0.2, 0.25) is 0 Å². The zero-order valence-corrected chi connectivity index (χ0v) is 19.5. The highest BCUT2D eigenvalue weighted by Gasteiger charge is 2.72. The molecule has 0 bridgehead atoms. The van der Waals surface area contributed by atoms with Crippen LogP contribution in [0.1, 0.15) is 48.3 Å². The Bertz CT molecular complexity index is 1590. The van der Waals surface area contributed by atoms with Crippen molar-refractivity contribution in [3.8, 4) is 0 Å². The Morgan fingerprint density at radius 1 is 0.865 bits per heavy atom. The number of nitrogens with zero attached hydrogens (tertiary/aromatic N) is 1. The number of Topliss-reactive ketones (excluding diaryl/α,β-unsaturated/α-hetero) is 3. The van der Waals surface area contributed by atoms with E-state index < -0.39 is 29.2 Å². The van der Waals surface area contributed by atoms with Gasteiger partial charge in [0, 0.05) is 27.9 Å². The molecule has 6 heteroatoms. The summed E-state index contributed by atoms with van der Waals surface area (Å²) in [7, 11) is 0. The molecular formula is C31H20FNO4. The maximum absolute atomic E-state index is 14.4. The quantitative estimate of drug-likeness (QED) is 0.271. The fourth-order valence-corrected chi connectivity index (χ4v) is 6.50. The molecule has 3 heterocycles. The van der Waals surface area contributed by atoms with Crippen molar-refractivity contribution in [2.24, 2.45) is 5.41 Å². The van der Waals surface area contributed by atoms with Gasteiger partial charge < -0.3 is 9.32 Å². The van der Waals surface area contributed by atoms with Crippen molar-refractivity contribution in [3.05, 3.63) is 131 Å². The SMILES string of the molecule is O=C(c1ccccc1)[C@@H]1[C@H](c2ccco2)C2(C(=O)c3ccccc3C2=O)[C@H]2C=Cc3cc(F)ccc3N12.